The van der Waals surface area contributed by atoms with Gasteiger partial charge in [-0.3, -0.25) is 5.43 Å². The molecule has 3 rings (SSSR count). The van der Waals surface area contributed by atoms with E-state index in [0.29, 0.717) is 31.2 Å². The maximum absolute atomic E-state index is 5.84. The van der Waals surface area contributed by atoms with Gasteiger partial charge < -0.3 is 10.5 Å². The fourth-order valence-electron chi connectivity index (χ4n) is 3.06. The average Bonchev–Trinajstić information content (AvgIpc) is 2.97. The summed E-state index contributed by atoms with van der Waals surface area (Å²) in [6, 6.07) is 19.4. The highest BCUT2D eigenvalue weighted by Crippen LogP contribution is 2.29. The highest BCUT2D eigenvalue weighted by molar-refractivity contribution is 5.30. The molecular formula is C19H25N3O. The topological polar surface area (TPSA) is 59.3 Å². The summed E-state index contributed by atoms with van der Waals surface area (Å²) in [5.41, 5.74) is 14.9. The monoisotopic (exact) mass is 311 g/mol. The summed E-state index contributed by atoms with van der Waals surface area (Å²) < 4.78 is 5.84. The molecule has 4 heteroatoms. The Bertz CT molecular complexity index is 600. The lowest BCUT2D eigenvalue weighted by atomic mass is 9.91. The second-order valence-corrected chi connectivity index (χ2v) is 6.12. The number of benzene rings is 2. The van der Waals surface area contributed by atoms with Crippen LogP contribution >= 0.6 is 0 Å². The van der Waals surface area contributed by atoms with Crippen LogP contribution in [0.25, 0.3) is 0 Å². The van der Waals surface area contributed by atoms with E-state index in [4.69, 9.17) is 10.5 Å². The van der Waals surface area contributed by atoms with E-state index >= 15 is 0 Å². The van der Waals surface area contributed by atoms with Gasteiger partial charge in [0.15, 0.2) is 0 Å². The van der Waals surface area contributed by atoms with Crippen molar-refractivity contribution in [3.63, 3.8) is 0 Å². The molecular weight excluding hydrogens is 286 g/mol. The Morgan fingerprint density at radius 2 is 1.74 bits per heavy atom. The highest BCUT2D eigenvalue weighted by atomic mass is 16.5. The van der Waals surface area contributed by atoms with Gasteiger partial charge in [0.25, 0.3) is 0 Å². The molecule has 2 aromatic rings. The second kappa shape index (κ2) is 7.59. The summed E-state index contributed by atoms with van der Waals surface area (Å²) in [4.78, 5) is 0. The molecule has 4 N–H and O–H groups in total. The van der Waals surface area contributed by atoms with Gasteiger partial charge in [0.2, 0.25) is 0 Å². The first kappa shape index (κ1) is 16.0. The molecule has 3 atom stereocenters. The first-order chi connectivity index (χ1) is 11.3. The van der Waals surface area contributed by atoms with Crippen molar-refractivity contribution >= 4 is 0 Å². The van der Waals surface area contributed by atoms with Crippen molar-refractivity contribution in [3.8, 4) is 5.75 Å². The maximum Gasteiger partial charge on any atom is 0.119 e. The Kier molecular flexibility index (Phi) is 5.28. The molecule has 1 fully saturated rings. The molecule has 2 aromatic carbocycles. The molecule has 0 aromatic heterocycles. The van der Waals surface area contributed by atoms with E-state index in [1.807, 2.05) is 18.2 Å². The molecule has 1 saturated heterocycles. The maximum atomic E-state index is 5.84. The van der Waals surface area contributed by atoms with E-state index in [9.17, 15) is 0 Å². The third-order valence-corrected chi connectivity index (χ3v) is 4.58. The van der Waals surface area contributed by atoms with E-state index in [1.54, 1.807) is 0 Å². The Balaban J connectivity index is 1.53. The van der Waals surface area contributed by atoms with Crippen molar-refractivity contribution in [2.75, 3.05) is 13.2 Å². The number of ether oxygens (including phenoxy) is 1. The van der Waals surface area contributed by atoms with Crippen LogP contribution in [0.15, 0.2) is 54.6 Å². The van der Waals surface area contributed by atoms with E-state index in [0.717, 1.165) is 12.2 Å². The highest BCUT2D eigenvalue weighted by Gasteiger charge is 2.32. The van der Waals surface area contributed by atoms with Gasteiger partial charge in [0.1, 0.15) is 5.75 Å². The molecule has 1 aliphatic heterocycles. The molecule has 122 valence electrons. The summed E-state index contributed by atoms with van der Waals surface area (Å²) >= 11 is 0. The summed E-state index contributed by atoms with van der Waals surface area (Å²) in [6.45, 7) is 3.56. The van der Waals surface area contributed by atoms with Crippen LogP contribution in [0.4, 0.5) is 0 Å². The Morgan fingerprint density at radius 3 is 2.39 bits per heavy atom. The van der Waals surface area contributed by atoms with E-state index in [-0.39, 0.29) is 0 Å². The van der Waals surface area contributed by atoms with Gasteiger partial charge in [0.05, 0.1) is 12.6 Å². The quantitative estimate of drug-likeness (QED) is 0.767. The molecule has 0 spiro atoms. The Morgan fingerprint density at radius 1 is 1.00 bits per heavy atom. The molecule has 1 aliphatic rings. The van der Waals surface area contributed by atoms with Gasteiger partial charge >= 0.3 is 0 Å². The van der Waals surface area contributed by atoms with Crippen molar-refractivity contribution in [2.45, 2.75) is 25.4 Å². The number of nitrogens with one attached hydrogen (secondary N) is 2. The van der Waals surface area contributed by atoms with Crippen LogP contribution in [0.5, 0.6) is 5.75 Å². The zero-order valence-corrected chi connectivity index (χ0v) is 13.5. The van der Waals surface area contributed by atoms with Gasteiger partial charge in [0, 0.05) is 19.0 Å². The first-order valence-electron chi connectivity index (χ1n) is 8.25. The predicted octanol–water partition coefficient (Wildman–Crippen LogP) is 2.42. The van der Waals surface area contributed by atoms with Crippen LogP contribution in [-0.2, 0) is 6.42 Å². The molecule has 3 unspecified atom stereocenters. The minimum atomic E-state index is 0.293. The standard InChI is InChI=1S/C19H25N3O/c1-14-18(13-20)21-22-19(14)16-7-9-17(10-8-16)23-12-11-15-5-3-2-4-6-15/h2-10,14,18-19,21-22H,11-13,20H2,1H3. The molecule has 0 bridgehead atoms. The van der Waals surface area contributed by atoms with Crippen LogP contribution in [-0.4, -0.2) is 19.2 Å². The van der Waals surface area contributed by atoms with Crippen LogP contribution in [0, 0.1) is 5.92 Å². The molecule has 0 amide bonds. The second-order valence-electron chi connectivity index (χ2n) is 6.12. The Hall–Kier alpha value is -1.88. The molecule has 0 radical (unpaired) electrons. The van der Waals surface area contributed by atoms with Crippen molar-refractivity contribution < 1.29 is 4.74 Å². The summed E-state index contributed by atoms with van der Waals surface area (Å²) in [5, 5.41) is 0. The number of rotatable bonds is 6. The third-order valence-electron chi connectivity index (χ3n) is 4.58. The normalized spacial score (nSPS) is 23.8. The van der Waals surface area contributed by atoms with Gasteiger partial charge in [-0.1, -0.05) is 49.4 Å². The minimum absolute atomic E-state index is 0.293. The summed E-state index contributed by atoms with van der Waals surface area (Å²) in [5.74, 6) is 1.38. The third kappa shape index (κ3) is 3.91. The molecule has 23 heavy (non-hydrogen) atoms. The van der Waals surface area contributed by atoms with E-state index in [1.165, 1.54) is 11.1 Å². The van der Waals surface area contributed by atoms with Crippen molar-refractivity contribution in [1.82, 2.24) is 10.9 Å². The van der Waals surface area contributed by atoms with Gasteiger partial charge in [-0.05, 0) is 29.2 Å². The number of hydrogen-bond donors (Lipinski definition) is 3. The molecule has 0 saturated carbocycles. The summed E-state index contributed by atoms with van der Waals surface area (Å²) in [7, 11) is 0. The lowest BCUT2D eigenvalue weighted by Gasteiger charge is -2.18. The average molecular weight is 311 g/mol. The largest absolute Gasteiger partial charge is 0.493 e. The first-order valence-corrected chi connectivity index (χ1v) is 8.25. The number of nitrogens with two attached hydrogens (primary N) is 1. The lowest BCUT2D eigenvalue weighted by molar-refractivity contribution is 0.321. The van der Waals surface area contributed by atoms with Crippen molar-refractivity contribution in [2.24, 2.45) is 11.7 Å². The smallest absolute Gasteiger partial charge is 0.119 e. The zero-order valence-electron chi connectivity index (χ0n) is 13.5. The van der Waals surface area contributed by atoms with Crippen molar-refractivity contribution in [3.05, 3.63) is 65.7 Å². The van der Waals surface area contributed by atoms with Crippen LogP contribution in [0.3, 0.4) is 0 Å². The van der Waals surface area contributed by atoms with E-state index < -0.39 is 0 Å². The minimum Gasteiger partial charge on any atom is -0.493 e. The predicted molar refractivity (Wildman–Crippen MR) is 93.1 cm³/mol. The van der Waals surface area contributed by atoms with Crippen LogP contribution in [0.2, 0.25) is 0 Å². The molecule has 0 aliphatic carbocycles. The fraction of sp³-hybridized carbons (Fsp3) is 0.368. The lowest BCUT2D eigenvalue weighted by Crippen LogP contribution is -2.37. The molecule has 1 heterocycles. The van der Waals surface area contributed by atoms with E-state index in [2.05, 4.69) is 54.2 Å². The zero-order chi connectivity index (χ0) is 16.1. The molecule has 4 nitrogen and oxygen atoms in total. The van der Waals surface area contributed by atoms with Gasteiger partial charge in [-0.2, -0.15) is 0 Å². The van der Waals surface area contributed by atoms with Crippen LogP contribution in [0.1, 0.15) is 24.1 Å². The SMILES string of the molecule is CC1C(CN)NNC1c1ccc(OCCc2ccccc2)cc1. The van der Waals surface area contributed by atoms with Crippen LogP contribution < -0.4 is 21.3 Å². The van der Waals surface area contributed by atoms with Gasteiger partial charge in [-0.25, -0.2) is 5.43 Å². The van der Waals surface area contributed by atoms with Crippen molar-refractivity contribution in [1.29, 1.82) is 0 Å². The summed E-state index contributed by atoms with van der Waals surface area (Å²) in [6.07, 6.45) is 0.923. The Labute approximate surface area is 138 Å². The number of hydrazine groups is 1. The number of hydrogen-bond acceptors (Lipinski definition) is 4. The van der Waals surface area contributed by atoms with Gasteiger partial charge in [-0.15, -0.1) is 0 Å². The fourth-order valence-corrected chi connectivity index (χ4v) is 3.06.